The molecule has 12 nitrogen and oxygen atoms in total. The zero-order valence-electron chi connectivity index (χ0n) is 28.8. The van der Waals surface area contributed by atoms with Crippen molar-refractivity contribution >= 4 is 17.9 Å². The van der Waals surface area contributed by atoms with Crippen LogP contribution in [0.1, 0.15) is 83.1 Å². The number of guanidine groups is 3. The zero-order chi connectivity index (χ0) is 31.3. The van der Waals surface area contributed by atoms with E-state index in [9.17, 15) is 0 Å². The van der Waals surface area contributed by atoms with E-state index >= 15 is 0 Å². The van der Waals surface area contributed by atoms with E-state index < -0.39 is 0 Å². The van der Waals surface area contributed by atoms with Gasteiger partial charge in [0, 0.05) is 17.9 Å². The van der Waals surface area contributed by atoms with Crippen LogP contribution in [0.4, 0.5) is 0 Å². The quantitative estimate of drug-likeness (QED) is 0.179. The summed E-state index contributed by atoms with van der Waals surface area (Å²) in [4.78, 5) is 13.1. The van der Waals surface area contributed by atoms with Crippen molar-refractivity contribution in [1.82, 2.24) is 31.3 Å². The molecule has 1 radical (unpaired) electrons. The molecule has 0 aromatic carbocycles. The number of aliphatic imine (C=N–C) groups is 3. The fourth-order valence-corrected chi connectivity index (χ4v) is 2.34. The second-order valence-corrected chi connectivity index (χ2v) is 11.3. The predicted molar refractivity (Wildman–Crippen MR) is 174 cm³/mol. The van der Waals surface area contributed by atoms with Gasteiger partial charge in [-0.25, -0.2) is 0 Å². The van der Waals surface area contributed by atoms with Gasteiger partial charge in [0.1, 0.15) is 0 Å². The van der Waals surface area contributed by atoms with Gasteiger partial charge in [-0.3, -0.25) is 15.0 Å². The van der Waals surface area contributed by atoms with E-state index in [0.717, 1.165) is 0 Å². The molecule has 0 amide bonds. The van der Waals surface area contributed by atoms with Crippen molar-refractivity contribution in [2.45, 2.75) is 119 Å². The molecule has 0 fully saturated rings. The Hall–Kier alpha value is -0.985. The molecule has 0 unspecified atom stereocenters. The molecule has 0 aromatic heterocycles. The normalized spacial score (nSPS) is 12.5. The second kappa shape index (κ2) is 26.9. The molecule has 0 aliphatic carbocycles. The van der Waals surface area contributed by atoms with Crippen LogP contribution in [0.15, 0.2) is 15.0 Å². The maximum Gasteiger partial charge on any atom is 3.00 e. The van der Waals surface area contributed by atoms with Crippen LogP contribution in [0.2, 0.25) is 0 Å². The Morgan fingerprint density at radius 1 is 0.425 bits per heavy atom. The van der Waals surface area contributed by atoms with E-state index in [2.05, 4.69) is 47.2 Å². The van der Waals surface area contributed by atoms with Gasteiger partial charge in [-0.2, -0.15) is 0 Å². The third-order valence-corrected chi connectivity index (χ3v) is 3.25. The molecule has 0 saturated heterocycles. The number of hydrazine groups is 3. The van der Waals surface area contributed by atoms with Crippen LogP contribution < -0.4 is 16.3 Å². The van der Waals surface area contributed by atoms with Crippen molar-refractivity contribution in [2.24, 2.45) is 15.0 Å². The first-order valence-corrected chi connectivity index (χ1v) is 13.9. The van der Waals surface area contributed by atoms with Gasteiger partial charge in [0.25, 0.3) is 0 Å². The summed E-state index contributed by atoms with van der Waals surface area (Å²) in [5, 5.41) is 18.6. The van der Waals surface area contributed by atoms with Crippen LogP contribution in [-0.2, 0) is 0 Å². The van der Waals surface area contributed by atoms with E-state index in [4.69, 9.17) is 0 Å². The summed E-state index contributed by atoms with van der Waals surface area (Å²) in [6, 6.07) is 1.61. The van der Waals surface area contributed by atoms with E-state index in [1.807, 2.05) is 140 Å². The summed E-state index contributed by atoms with van der Waals surface area (Å²) < 4.78 is 0. The van der Waals surface area contributed by atoms with Crippen LogP contribution >= 0.6 is 0 Å². The van der Waals surface area contributed by atoms with Gasteiger partial charge in [-0.15, -0.1) is 0 Å². The largest absolute Gasteiger partial charge is 3.00 e. The molecule has 0 aliphatic rings. The third kappa shape index (κ3) is 39.2. The first kappa shape index (κ1) is 46.0. The Morgan fingerprint density at radius 3 is 0.700 bits per heavy atom. The average molecular weight is 713 g/mol. The van der Waals surface area contributed by atoms with Crippen molar-refractivity contribution in [3.8, 4) is 0 Å². The minimum absolute atomic E-state index is 0. The molecule has 0 saturated carbocycles. The second-order valence-electron chi connectivity index (χ2n) is 11.3. The van der Waals surface area contributed by atoms with Crippen molar-refractivity contribution in [2.75, 3.05) is 42.3 Å². The maximum absolute atomic E-state index is 4.35. The summed E-state index contributed by atoms with van der Waals surface area (Å²) in [6.45, 7) is 24.4. The third-order valence-electron chi connectivity index (χ3n) is 3.25. The van der Waals surface area contributed by atoms with Gasteiger partial charge in [-0.05, 0) is 78.5 Å². The van der Waals surface area contributed by atoms with Crippen LogP contribution in [0, 0.1) is 39.9 Å². The van der Waals surface area contributed by atoms with Crippen LogP contribution in [-0.4, -0.2) is 111 Å². The Kier molecular flexibility index (Phi) is 30.9. The van der Waals surface area contributed by atoms with Crippen molar-refractivity contribution in [3.63, 3.8) is 0 Å². The van der Waals surface area contributed by atoms with Gasteiger partial charge in [-0.1, -0.05) is 83.1 Å². The molecular weight excluding hydrogens is 650 g/mol. The molecule has 0 heterocycles. The molecule has 0 atom stereocenters. The SMILES string of the molecule is CC(C)N=C([N-]C(C)C)NN(C)C.CC(C)N=C([N-]C(C)C)NN(C)C.CC(C)N=C([N-]C(C)C)NN(C)C.[Gd+3]. The predicted octanol–water partition coefficient (Wildman–Crippen LogP) is 4.80. The Morgan fingerprint density at radius 2 is 0.600 bits per heavy atom. The summed E-state index contributed by atoms with van der Waals surface area (Å²) in [6.07, 6.45) is 0. The molecular formula is C27H63GdN12. The van der Waals surface area contributed by atoms with E-state index in [0.29, 0.717) is 17.9 Å². The van der Waals surface area contributed by atoms with Gasteiger partial charge in [0.2, 0.25) is 0 Å². The molecule has 0 bridgehead atoms. The summed E-state index contributed by atoms with van der Waals surface area (Å²) in [7, 11) is 11.5. The monoisotopic (exact) mass is 713 g/mol. The molecule has 3 N–H and O–H groups in total. The van der Waals surface area contributed by atoms with Crippen LogP contribution in [0.25, 0.3) is 16.0 Å². The number of nitrogens with zero attached hydrogens (tertiary/aromatic N) is 9. The Balaban J connectivity index is -0.000000240. The van der Waals surface area contributed by atoms with E-state index in [1.165, 1.54) is 0 Å². The molecule has 13 heteroatoms. The number of nitrogens with one attached hydrogen (secondary N) is 3. The summed E-state index contributed by atoms with van der Waals surface area (Å²) in [5.74, 6) is 2.11. The first-order chi connectivity index (χ1) is 17.7. The van der Waals surface area contributed by atoms with E-state index in [1.54, 1.807) is 0 Å². The topological polar surface area (TPSA) is 125 Å². The minimum atomic E-state index is 0. The first-order valence-electron chi connectivity index (χ1n) is 13.9. The minimum Gasteiger partial charge on any atom is -0.391 e. The fourth-order valence-electron chi connectivity index (χ4n) is 2.34. The molecule has 0 aliphatic heterocycles. The standard InChI is InChI=1S/3C9H21N4.Gd/c3*1-7(2)10-9(11-8(3)4)12-13(5)6;/h3*7-8H,1-6H3,(H-,10,11,12);/q3*-1;+3. The molecule has 40 heavy (non-hydrogen) atoms. The average Bonchev–Trinajstić information content (AvgIpc) is 2.63. The molecule has 0 rings (SSSR count). The van der Waals surface area contributed by atoms with Gasteiger partial charge >= 0.3 is 39.9 Å². The zero-order valence-corrected chi connectivity index (χ0v) is 31.1. The van der Waals surface area contributed by atoms with Crippen molar-refractivity contribution in [3.05, 3.63) is 16.0 Å². The maximum atomic E-state index is 4.35. The van der Waals surface area contributed by atoms with Crippen LogP contribution in [0.5, 0.6) is 0 Å². The Bertz CT molecular complexity index is 544. The van der Waals surface area contributed by atoms with E-state index in [-0.39, 0.29) is 76.2 Å². The van der Waals surface area contributed by atoms with Gasteiger partial charge in [0.15, 0.2) is 0 Å². The number of hydrogen-bond donors (Lipinski definition) is 3. The van der Waals surface area contributed by atoms with Crippen LogP contribution in [0.3, 0.4) is 0 Å². The number of hydrogen-bond acceptors (Lipinski definition) is 6. The summed E-state index contributed by atoms with van der Waals surface area (Å²) >= 11 is 0. The van der Waals surface area contributed by atoms with Gasteiger partial charge < -0.3 is 47.2 Å². The molecule has 0 aromatic rings. The van der Waals surface area contributed by atoms with Crippen molar-refractivity contribution < 1.29 is 39.9 Å². The molecule has 0 spiro atoms. The smallest absolute Gasteiger partial charge is 0.391 e. The fraction of sp³-hybridized carbons (Fsp3) is 0.889. The van der Waals surface area contributed by atoms with Crippen molar-refractivity contribution in [1.29, 1.82) is 0 Å². The number of rotatable bonds is 9. The molecule has 239 valence electrons. The Labute approximate surface area is 280 Å². The van der Waals surface area contributed by atoms with Gasteiger partial charge in [0.05, 0.1) is 0 Å². The summed E-state index contributed by atoms with van der Waals surface area (Å²) in [5.41, 5.74) is 9.18.